The Bertz CT molecular complexity index is 409. The Hall–Kier alpha value is -1.53. The van der Waals surface area contributed by atoms with Crippen molar-refractivity contribution >= 4 is 23.1 Å². The van der Waals surface area contributed by atoms with Crippen molar-refractivity contribution in [1.82, 2.24) is 5.06 Å². The Labute approximate surface area is 83.7 Å². The number of hydrogen-bond acceptors (Lipinski definition) is 6. The SMILES string of the molecule is O=C1C=NC(=C2C=CN(O)C=C2O)S1. The molecule has 0 saturated heterocycles. The first kappa shape index (κ1) is 9.04. The maximum Gasteiger partial charge on any atom is 0.236 e. The minimum atomic E-state index is -0.167. The number of aliphatic hydroxyl groups is 1. The minimum absolute atomic E-state index is 0.121. The first-order chi connectivity index (χ1) is 6.66. The average Bonchev–Trinajstić information content (AvgIpc) is 2.51. The molecule has 2 rings (SSSR count). The van der Waals surface area contributed by atoms with Crippen LogP contribution in [0.5, 0.6) is 0 Å². The van der Waals surface area contributed by atoms with E-state index < -0.39 is 0 Å². The molecule has 0 amide bonds. The fourth-order valence-corrected chi connectivity index (χ4v) is 1.72. The van der Waals surface area contributed by atoms with Gasteiger partial charge in [-0.1, -0.05) is 0 Å². The molecule has 0 aromatic carbocycles. The van der Waals surface area contributed by atoms with Crippen molar-refractivity contribution in [2.75, 3.05) is 0 Å². The monoisotopic (exact) mass is 210 g/mol. The summed E-state index contributed by atoms with van der Waals surface area (Å²) in [5, 5.41) is 19.4. The zero-order valence-electron chi connectivity index (χ0n) is 6.91. The van der Waals surface area contributed by atoms with E-state index >= 15 is 0 Å². The number of hydrogen-bond donors (Lipinski definition) is 2. The van der Waals surface area contributed by atoms with Gasteiger partial charge >= 0.3 is 0 Å². The third-order valence-electron chi connectivity index (χ3n) is 1.64. The molecule has 0 unspecified atom stereocenters. The maximum atomic E-state index is 10.9. The van der Waals surface area contributed by atoms with Gasteiger partial charge in [0.15, 0.2) is 0 Å². The van der Waals surface area contributed by atoms with Gasteiger partial charge in [-0.3, -0.25) is 10.0 Å². The van der Waals surface area contributed by atoms with Crippen molar-refractivity contribution in [1.29, 1.82) is 0 Å². The molecule has 72 valence electrons. The number of carbonyl (C=O) groups excluding carboxylic acids is 1. The van der Waals surface area contributed by atoms with Gasteiger partial charge in [0, 0.05) is 6.20 Å². The lowest BCUT2D eigenvalue weighted by Crippen LogP contribution is -2.09. The second-order valence-corrected chi connectivity index (χ2v) is 3.60. The first-order valence-electron chi connectivity index (χ1n) is 3.73. The zero-order valence-corrected chi connectivity index (χ0v) is 7.73. The molecule has 0 aromatic rings. The van der Waals surface area contributed by atoms with Crippen LogP contribution in [0.1, 0.15) is 0 Å². The Kier molecular flexibility index (Phi) is 2.14. The molecule has 0 atom stereocenters. The number of aliphatic hydroxyl groups excluding tert-OH is 1. The molecule has 0 aromatic heterocycles. The third-order valence-corrected chi connectivity index (χ3v) is 2.46. The van der Waals surface area contributed by atoms with Crippen LogP contribution in [0.3, 0.4) is 0 Å². The molecule has 0 radical (unpaired) electrons. The normalized spacial score (nSPS) is 25.9. The molecule has 2 heterocycles. The van der Waals surface area contributed by atoms with E-state index in [0.29, 0.717) is 10.6 Å². The molecule has 0 aliphatic carbocycles. The fourth-order valence-electron chi connectivity index (χ4n) is 1.04. The van der Waals surface area contributed by atoms with E-state index in [1.807, 2.05) is 0 Å². The second kappa shape index (κ2) is 3.32. The summed E-state index contributed by atoms with van der Waals surface area (Å²) in [7, 11) is 0. The highest BCUT2D eigenvalue weighted by Crippen LogP contribution is 2.31. The van der Waals surface area contributed by atoms with Gasteiger partial charge in [-0.15, -0.1) is 0 Å². The lowest BCUT2D eigenvalue weighted by atomic mass is 10.2. The van der Waals surface area contributed by atoms with Crippen molar-refractivity contribution in [3.05, 3.63) is 34.8 Å². The predicted octanol–water partition coefficient (Wildman–Crippen LogP) is 1.16. The summed E-state index contributed by atoms with van der Waals surface area (Å²) >= 11 is 0.943. The summed E-state index contributed by atoms with van der Waals surface area (Å²) < 4.78 is 0. The van der Waals surface area contributed by atoms with E-state index in [1.165, 1.54) is 18.5 Å². The second-order valence-electron chi connectivity index (χ2n) is 2.61. The van der Waals surface area contributed by atoms with Gasteiger partial charge in [0.2, 0.25) is 5.12 Å². The summed E-state index contributed by atoms with van der Waals surface area (Å²) in [4.78, 5) is 14.7. The summed E-state index contributed by atoms with van der Waals surface area (Å²) in [5.74, 6) is -0.121. The van der Waals surface area contributed by atoms with Crippen molar-refractivity contribution < 1.29 is 15.1 Å². The Morgan fingerprint density at radius 3 is 2.86 bits per heavy atom. The highest BCUT2D eigenvalue weighted by atomic mass is 32.2. The molecule has 0 spiro atoms. The van der Waals surface area contributed by atoms with Crippen molar-refractivity contribution in [2.24, 2.45) is 4.99 Å². The van der Waals surface area contributed by atoms with Crippen molar-refractivity contribution in [2.45, 2.75) is 0 Å². The smallest absolute Gasteiger partial charge is 0.236 e. The molecule has 0 saturated carbocycles. The highest BCUT2D eigenvalue weighted by Gasteiger charge is 2.19. The third kappa shape index (κ3) is 1.57. The molecule has 6 heteroatoms. The Morgan fingerprint density at radius 2 is 2.29 bits per heavy atom. The first-order valence-corrected chi connectivity index (χ1v) is 4.55. The molecular formula is C8H6N2O3S. The van der Waals surface area contributed by atoms with Crippen LogP contribution in [-0.2, 0) is 4.79 Å². The van der Waals surface area contributed by atoms with Crippen LogP contribution in [0.25, 0.3) is 0 Å². The number of aliphatic imine (C=N–C) groups is 1. The molecule has 2 N–H and O–H groups in total. The number of allylic oxidation sites excluding steroid dienone is 1. The molecular weight excluding hydrogens is 204 g/mol. The van der Waals surface area contributed by atoms with E-state index in [-0.39, 0.29) is 10.9 Å². The van der Waals surface area contributed by atoms with Gasteiger partial charge in [-0.25, -0.2) is 10.1 Å². The number of nitrogens with zero attached hydrogens (tertiary/aromatic N) is 2. The number of rotatable bonds is 0. The van der Waals surface area contributed by atoms with Gasteiger partial charge in [0.1, 0.15) is 10.8 Å². The lowest BCUT2D eigenvalue weighted by molar-refractivity contribution is -0.105. The summed E-state index contributed by atoms with van der Waals surface area (Å²) in [6.07, 6.45) is 5.15. The number of hydroxylamine groups is 2. The average molecular weight is 210 g/mol. The highest BCUT2D eigenvalue weighted by molar-refractivity contribution is 8.19. The molecule has 2 aliphatic heterocycles. The fraction of sp³-hybridized carbons (Fsp3) is 0. The quantitative estimate of drug-likeness (QED) is 0.627. The van der Waals surface area contributed by atoms with E-state index in [4.69, 9.17) is 5.21 Å². The van der Waals surface area contributed by atoms with Gasteiger partial charge in [0.05, 0.1) is 18.0 Å². The number of carbonyl (C=O) groups is 1. The van der Waals surface area contributed by atoms with E-state index in [9.17, 15) is 9.90 Å². The largest absolute Gasteiger partial charge is 0.506 e. The molecule has 5 nitrogen and oxygen atoms in total. The van der Waals surface area contributed by atoms with Crippen LogP contribution in [0.15, 0.2) is 39.8 Å². The summed E-state index contributed by atoms with van der Waals surface area (Å²) in [6, 6.07) is 0. The van der Waals surface area contributed by atoms with Crippen LogP contribution in [0.4, 0.5) is 0 Å². The van der Waals surface area contributed by atoms with Gasteiger partial charge in [-0.05, 0) is 17.8 Å². The zero-order chi connectivity index (χ0) is 10.1. The minimum Gasteiger partial charge on any atom is -0.506 e. The number of thioether (sulfide) groups is 1. The maximum absolute atomic E-state index is 10.9. The molecule has 2 aliphatic rings. The summed E-state index contributed by atoms with van der Waals surface area (Å²) in [6.45, 7) is 0. The summed E-state index contributed by atoms with van der Waals surface area (Å²) in [5.41, 5.74) is 0.433. The van der Waals surface area contributed by atoms with Crippen LogP contribution in [0, 0.1) is 0 Å². The Balaban J connectivity index is 2.36. The predicted molar refractivity (Wildman–Crippen MR) is 51.6 cm³/mol. The van der Waals surface area contributed by atoms with Gasteiger partial charge in [0.25, 0.3) is 0 Å². The van der Waals surface area contributed by atoms with Crippen LogP contribution in [-0.4, -0.2) is 26.7 Å². The van der Waals surface area contributed by atoms with Crippen molar-refractivity contribution in [3.63, 3.8) is 0 Å². The molecule has 14 heavy (non-hydrogen) atoms. The van der Waals surface area contributed by atoms with Gasteiger partial charge in [-0.2, -0.15) is 0 Å². The van der Waals surface area contributed by atoms with E-state index in [1.54, 1.807) is 0 Å². The molecule has 0 fully saturated rings. The van der Waals surface area contributed by atoms with Crippen LogP contribution < -0.4 is 0 Å². The molecule has 0 bridgehead atoms. The standard InChI is InChI=1S/C8H6N2O3S/c11-6-4-10(13)2-1-5(6)8-9-3-7(12)14-8/h1-4,11,13H. The van der Waals surface area contributed by atoms with Crippen LogP contribution >= 0.6 is 11.8 Å². The van der Waals surface area contributed by atoms with E-state index in [0.717, 1.165) is 23.0 Å². The topological polar surface area (TPSA) is 73.1 Å². The Morgan fingerprint density at radius 1 is 1.50 bits per heavy atom. The van der Waals surface area contributed by atoms with E-state index in [2.05, 4.69) is 4.99 Å². The van der Waals surface area contributed by atoms with Crippen molar-refractivity contribution in [3.8, 4) is 0 Å². The lowest BCUT2D eigenvalue weighted by Gasteiger charge is -2.13. The van der Waals surface area contributed by atoms with Crippen LogP contribution in [0.2, 0.25) is 0 Å². The van der Waals surface area contributed by atoms with Gasteiger partial charge < -0.3 is 5.11 Å².